The number of aromatic nitrogens is 2. The molecule has 1 atom stereocenters. The van der Waals surface area contributed by atoms with E-state index in [-0.39, 0.29) is 17.2 Å². The van der Waals surface area contributed by atoms with Gasteiger partial charge >= 0.3 is 0 Å². The molecule has 0 saturated heterocycles. The van der Waals surface area contributed by atoms with E-state index in [1.807, 2.05) is 6.92 Å². The second kappa shape index (κ2) is 10.2. The molecular weight excluding hydrogens is 514 g/mol. The summed E-state index contributed by atoms with van der Waals surface area (Å²) in [5.41, 5.74) is 2.82. The summed E-state index contributed by atoms with van der Waals surface area (Å²) in [5.74, 6) is -0.234. The third kappa shape index (κ3) is 4.85. The standard InChI is InChI=1S/C27H24ClN3O3S2/c1-15(24(33)17-7-9-18(28)10-8-17)35-27-30-25-23(21-5-3-4-6-22(21)36-25)26(34)31(27)20-13-11-19(12-14-20)29-16(2)32/h7-15H,3-6H2,1-2H3,(H,29,32). The van der Waals surface area contributed by atoms with Crippen LogP contribution in [0.1, 0.15) is 47.5 Å². The second-order valence-electron chi connectivity index (χ2n) is 8.79. The number of hydrogen-bond donors (Lipinski definition) is 1. The van der Waals surface area contributed by atoms with Crippen molar-refractivity contribution in [3.05, 3.63) is 79.9 Å². The molecule has 0 radical (unpaired) electrons. The molecule has 1 aliphatic carbocycles. The Morgan fingerprint density at radius 2 is 1.78 bits per heavy atom. The lowest BCUT2D eigenvalue weighted by Gasteiger charge is -2.16. The Labute approximate surface area is 221 Å². The Morgan fingerprint density at radius 1 is 1.08 bits per heavy atom. The topological polar surface area (TPSA) is 81.1 Å². The van der Waals surface area contributed by atoms with Gasteiger partial charge in [-0.1, -0.05) is 23.4 Å². The number of ketones is 1. The fourth-order valence-corrected chi connectivity index (χ4v) is 6.88. The van der Waals surface area contributed by atoms with Crippen LogP contribution in [-0.2, 0) is 17.6 Å². The number of rotatable bonds is 6. The number of halogens is 1. The van der Waals surface area contributed by atoms with Gasteiger partial charge in [-0.3, -0.25) is 19.0 Å². The van der Waals surface area contributed by atoms with Gasteiger partial charge in [-0.15, -0.1) is 11.3 Å². The first-order valence-electron chi connectivity index (χ1n) is 11.7. The third-order valence-electron chi connectivity index (χ3n) is 6.18. The lowest BCUT2D eigenvalue weighted by Crippen LogP contribution is -2.24. The van der Waals surface area contributed by atoms with Gasteiger partial charge in [0.2, 0.25) is 5.91 Å². The average Bonchev–Trinajstić information content (AvgIpc) is 3.23. The number of anilines is 1. The van der Waals surface area contributed by atoms with Crippen molar-refractivity contribution in [1.82, 2.24) is 9.55 Å². The molecule has 1 unspecified atom stereocenters. The molecule has 0 fully saturated rings. The third-order valence-corrected chi connectivity index (χ3v) is 8.67. The van der Waals surface area contributed by atoms with E-state index in [2.05, 4.69) is 5.32 Å². The molecule has 2 heterocycles. The number of amides is 1. The summed E-state index contributed by atoms with van der Waals surface area (Å²) in [6.07, 6.45) is 4.03. The van der Waals surface area contributed by atoms with Gasteiger partial charge in [0.1, 0.15) is 4.83 Å². The van der Waals surface area contributed by atoms with Crippen molar-refractivity contribution in [2.24, 2.45) is 0 Å². The van der Waals surface area contributed by atoms with Crippen LogP contribution in [0, 0.1) is 0 Å². The first kappa shape index (κ1) is 24.7. The van der Waals surface area contributed by atoms with E-state index in [4.69, 9.17) is 16.6 Å². The van der Waals surface area contributed by atoms with Crippen molar-refractivity contribution in [2.45, 2.75) is 49.9 Å². The van der Waals surface area contributed by atoms with E-state index in [1.54, 1.807) is 64.4 Å². The number of carbonyl (C=O) groups is 2. The van der Waals surface area contributed by atoms with Gasteiger partial charge in [0.25, 0.3) is 5.56 Å². The molecule has 0 aliphatic heterocycles. The minimum absolute atomic E-state index is 0.0657. The van der Waals surface area contributed by atoms with Gasteiger partial charge in [-0.2, -0.15) is 0 Å². The molecule has 0 spiro atoms. The summed E-state index contributed by atoms with van der Waals surface area (Å²) in [6, 6.07) is 13.9. The number of aryl methyl sites for hydroxylation is 2. The van der Waals surface area contributed by atoms with Crippen molar-refractivity contribution >= 4 is 62.3 Å². The van der Waals surface area contributed by atoms with Gasteiger partial charge in [0.15, 0.2) is 10.9 Å². The zero-order valence-electron chi connectivity index (χ0n) is 19.8. The summed E-state index contributed by atoms with van der Waals surface area (Å²) in [5, 5.41) is 3.99. The van der Waals surface area contributed by atoms with Crippen molar-refractivity contribution in [3.8, 4) is 5.69 Å². The largest absolute Gasteiger partial charge is 0.326 e. The molecule has 1 aliphatic rings. The van der Waals surface area contributed by atoms with Crippen LogP contribution in [0.5, 0.6) is 0 Å². The number of nitrogens with zero attached hydrogens (tertiary/aromatic N) is 2. The molecule has 0 bridgehead atoms. The number of benzene rings is 2. The number of fused-ring (bicyclic) bond motifs is 3. The van der Waals surface area contributed by atoms with Crippen LogP contribution >= 0.6 is 34.7 Å². The maximum atomic E-state index is 14.0. The van der Waals surface area contributed by atoms with Crippen molar-refractivity contribution in [3.63, 3.8) is 0 Å². The first-order valence-corrected chi connectivity index (χ1v) is 13.8. The molecule has 2 aromatic heterocycles. The highest BCUT2D eigenvalue weighted by molar-refractivity contribution is 8.00. The Kier molecular flexibility index (Phi) is 7.01. The molecule has 0 saturated carbocycles. The van der Waals surface area contributed by atoms with Crippen molar-refractivity contribution < 1.29 is 9.59 Å². The normalized spacial score (nSPS) is 13.9. The van der Waals surface area contributed by atoms with Crippen molar-refractivity contribution in [1.29, 1.82) is 0 Å². The number of Topliss-reactive ketones (excluding diaryl/α,β-unsaturated/α-hetero) is 1. The maximum absolute atomic E-state index is 14.0. The average molecular weight is 538 g/mol. The van der Waals surface area contributed by atoms with E-state index in [9.17, 15) is 14.4 Å². The minimum atomic E-state index is -0.477. The van der Waals surface area contributed by atoms with Crippen LogP contribution in [0.25, 0.3) is 15.9 Å². The lowest BCUT2D eigenvalue weighted by molar-refractivity contribution is -0.114. The van der Waals surface area contributed by atoms with Gasteiger partial charge in [0, 0.05) is 28.1 Å². The summed E-state index contributed by atoms with van der Waals surface area (Å²) >= 11 is 8.84. The highest BCUT2D eigenvalue weighted by Crippen LogP contribution is 2.36. The number of thioether (sulfide) groups is 1. The summed E-state index contributed by atoms with van der Waals surface area (Å²) in [7, 11) is 0. The van der Waals surface area contributed by atoms with E-state index in [0.717, 1.165) is 36.1 Å². The number of carbonyl (C=O) groups excluding carboxylic acids is 2. The Hall–Kier alpha value is -2.94. The van der Waals surface area contributed by atoms with Crippen LogP contribution in [0.2, 0.25) is 5.02 Å². The SMILES string of the molecule is CC(=O)Nc1ccc(-n2c(SC(C)C(=O)c3ccc(Cl)cc3)nc3sc4c(c3c2=O)CCCC4)cc1. The molecule has 4 aromatic rings. The number of hydrogen-bond acceptors (Lipinski definition) is 6. The number of thiophene rings is 1. The molecule has 184 valence electrons. The smallest absolute Gasteiger partial charge is 0.267 e. The lowest BCUT2D eigenvalue weighted by atomic mass is 9.97. The Bertz CT molecular complexity index is 1530. The molecule has 2 aromatic carbocycles. The monoisotopic (exact) mass is 537 g/mol. The Balaban J connectivity index is 1.60. The Morgan fingerprint density at radius 3 is 2.47 bits per heavy atom. The van der Waals surface area contributed by atoms with Gasteiger partial charge in [0.05, 0.1) is 16.3 Å². The van der Waals surface area contributed by atoms with Crippen LogP contribution in [0.3, 0.4) is 0 Å². The fourth-order valence-electron chi connectivity index (χ4n) is 4.45. The number of nitrogens with one attached hydrogen (secondary N) is 1. The quantitative estimate of drug-likeness (QED) is 0.177. The summed E-state index contributed by atoms with van der Waals surface area (Å²) in [4.78, 5) is 45.4. The zero-order chi connectivity index (χ0) is 25.4. The van der Waals surface area contributed by atoms with Gasteiger partial charge in [-0.25, -0.2) is 4.98 Å². The highest BCUT2D eigenvalue weighted by Gasteiger charge is 2.25. The molecule has 6 nitrogen and oxygen atoms in total. The van der Waals surface area contributed by atoms with Crippen LogP contribution in [-0.4, -0.2) is 26.5 Å². The molecular formula is C27H24ClN3O3S2. The predicted octanol–water partition coefficient (Wildman–Crippen LogP) is 6.30. The van der Waals surface area contributed by atoms with Crippen molar-refractivity contribution in [2.75, 3.05) is 5.32 Å². The first-order chi connectivity index (χ1) is 17.3. The molecule has 9 heteroatoms. The van der Waals surface area contributed by atoms with E-state index < -0.39 is 5.25 Å². The van der Waals surface area contributed by atoms with E-state index in [0.29, 0.717) is 32.5 Å². The molecule has 1 N–H and O–H groups in total. The molecule has 5 rings (SSSR count). The van der Waals surface area contributed by atoms with Gasteiger partial charge in [-0.05, 0) is 86.7 Å². The zero-order valence-corrected chi connectivity index (χ0v) is 22.2. The second-order valence-corrected chi connectivity index (χ2v) is 11.6. The van der Waals surface area contributed by atoms with Gasteiger partial charge < -0.3 is 5.32 Å². The maximum Gasteiger partial charge on any atom is 0.267 e. The van der Waals surface area contributed by atoms with E-state index in [1.165, 1.54) is 23.6 Å². The van der Waals surface area contributed by atoms with Crippen LogP contribution < -0.4 is 10.9 Å². The summed E-state index contributed by atoms with van der Waals surface area (Å²) < 4.78 is 1.60. The highest BCUT2D eigenvalue weighted by atomic mass is 35.5. The van der Waals surface area contributed by atoms with Crippen LogP contribution in [0.4, 0.5) is 5.69 Å². The molecule has 36 heavy (non-hydrogen) atoms. The summed E-state index contributed by atoms with van der Waals surface area (Å²) in [6.45, 7) is 3.27. The minimum Gasteiger partial charge on any atom is -0.326 e. The predicted molar refractivity (Wildman–Crippen MR) is 147 cm³/mol. The van der Waals surface area contributed by atoms with E-state index >= 15 is 0 Å². The van der Waals surface area contributed by atoms with Crippen LogP contribution in [0.15, 0.2) is 58.5 Å². The fraction of sp³-hybridized carbons (Fsp3) is 0.259. The molecule has 1 amide bonds.